The summed E-state index contributed by atoms with van der Waals surface area (Å²) in [5.41, 5.74) is 1.10. The predicted molar refractivity (Wildman–Crippen MR) is 79.6 cm³/mol. The molecule has 0 spiro atoms. The predicted octanol–water partition coefficient (Wildman–Crippen LogP) is 4.11. The van der Waals surface area contributed by atoms with Crippen LogP contribution >= 0.6 is 11.3 Å². The van der Waals surface area contributed by atoms with Crippen molar-refractivity contribution in [2.45, 2.75) is 26.7 Å². The summed E-state index contributed by atoms with van der Waals surface area (Å²) in [7, 11) is 0. The van der Waals surface area contributed by atoms with E-state index in [4.69, 9.17) is 4.74 Å². The van der Waals surface area contributed by atoms with E-state index >= 15 is 0 Å². The van der Waals surface area contributed by atoms with Crippen molar-refractivity contribution in [3.63, 3.8) is 0 Å². The first-order valence-electron chi connectivity index (χ1n) is 6.50. The van der Waals surface area contributed by atoms with Crippen LogP contribution in [0, 0.1) is 0 Å². The minimum absolute atomic E-state index is 0.606. The highest BCUT2D eigenvalue weighted by Gasteiger charge is 2.06. The van der Waals surface area contributed by atoms with Crippen LogP contribution in [0.3, 0.4) is 0 Å². The maximum atomic E-state index is 5.56. The van der Waals surface area contributed by atoms with Gasteiger partial charge in [-0.2, -0.15) is 0 Å². The van der Waals surface area contributed by atoms with Gasteiger partial charge in [-0.1, -0.05) is 30.4 Å². The van der Waals surface area contributed by atoms with Gasteiger partial charge in [-0.15, -0.1) is 10.2 Å². The first kappa shape index (κ1) is 13.7. The zero-order valence-electron chi connectivity index (χ0n) is 11.3. The third kappa shape index (κ3) is 3.89. The van der Waals surface area contributed by atoms with Gasteiger partial charge in [-0.3, -0.25) is 0 Å². The van der Waals surface area contributed by atoms with E-state index in [2.05, 4.69) is 17.1 Å². The van der Waals surface area contributed by atoms with Gasteiger partial charge in [0.1, 0.15) is 22.4 Å². The quantitative estimate of drug-likeness (QED) is 0.743. The maximum absolute atomic E-state index is 5.56. The molecular weight excluding hydrogens is 256 g/mol. The molecule has 0 amide bonds. The third-order valence-corrected chi connectivity index (χ3v) is 3.65. The minimum atomic E-state index is 0.606. The summed E-state index contributed by atoms with van der Waals surface area (Å²) < 4.78 is 5.56. The van der Waals surface area contributed by atoms with Crippen LogP contribution in [0.1, 0.15) is 25.3 Å². The van der Waals surface area contributed by atoms with Crippen molar-refractivity contribution in [3.8, 4) is 16.3 Å². The molecule has 0 N–H and O–H groups in total. The molecule has 2 rings (SSSR count). The van der Waals surface area contributed by atoms with Crippen molar-refractivity contribution < 1.29 is 4.74 Å². The number of nitrogens with zero attached hydrogens (tertiary/aromatic N) is 2. The van der Waals surface area contributed by atoms with Gasteiger partial charge < -0.3 is 4.74 Å². The summed E-state index contributed by atoms with van der Waals surface area (Å²) in [5.74, 6) is 0.875. The van der Waals surface area contributed by atoms with Gasteiger partial charge in [0.05, 0.1) is 0 Å². The lowest BCUT2D eigenvalue weighted by Gasteiger charge is -2.03. The Morgan fingerprint density at radius 1 is 1.21 bits per heavy atom. The number of aromatic nitrogens is 2. The average molecular weight is 274 g/mol. The molecule has 0 unspecified atom stereocenters. The van der Waals surface area contributed by atoms with Crippen LogP contribution in [0.2, 0.25) is 0 Å². The summed E-state index contributed by atoms with van der Waals surface area (Å²) in [4.78, 5) is 0. The Labute approximate surface area is 118 Å². The second-order valence-corrected chi connectivity index (χ2v) is 5.22. The molecule has 0 aliphatic carbocycles. The largest absolute Gasteiger partial charge is 0.490 e. The molecule has 3 nitrogen and oxygen atoms in total. The Kier molecular flexibility index (Phi) is 5.10. The van der Waals surface area contributed by atoms with E-state index < -0.39 is 0 Å². The minimum Gasteiger partial charge on any atom is -0.490 e. The number of aryl methyl sites for hydroxylation is 1. The third-order valence-electron chi connectivity index (χ3n) is 2.61. The van der Waals surface area contributed by atoms with E-state index in [0.717, 1.165) is 34.2 Å². The first-order valence-corrected chi connectivity index (χ1v) is 7.32. The lowest BCUT2D eigenvalue weighted by molar-refractivity contribution is 0.363. The van der Waals surface area contributed by atoms with E-state index in [1.54, 1.807) is 11.3 Å². The van der Waals surface area contributed by atoms with Gasteiger partial charge in [0.25, 0.3) is 0 Å². The van der Waals surface area contributed by atoms with Gasteiger partial charge >= 0.3 is 0 Å². The van der Waals surface area contributed by atoms with Crippen LogP contribution in [0.15, 0.2) is 36.4 Å². The normalized spacial score (nSPS) is 11.1. The summed E-state index contributed by atoms with van der Waals surface area (Å²) in [6.07, 6.45) is 6.06. The van der Waals surface area contributed by atoms with E-state index in [1.807, 2.05) is 43.3 Å². The molecule has 0 fully saturated rings. The second kappa shape index (κ2) is 7.04. The molecule has 0 radical (unpaired) electrons. The van der Waals surface area contributed by atoms with Crippen molar-refractivity contribution in [1.29, 1.82) is 0 Å². The monoisotopic (exact) mass is 274 g/mol. The molecule has 1 aromatic carbocycles. The zero-order chi connectivity index (χ0) is 13.5. The average Bonchev–Trinajstić information content (AvgIpc) is 2.89. The Bertz CT molecular complexity index is 531. The van der Waals surface area contributed by atoms with Crippen LogP contribution in [0.4, 0.5) is 0 Å². The van der Waals surface area contributed by atoms with Crippen LogP contribution in [-0.2, 0) is 6.42 Å². The highest BCUT2D eigenvalue weighted by Crippen LogP contribution is 2.25. The number of hydrogen-bond donors (Lipinski definition) is 0. The highest BCUT2D eigenvalue weighted by molar-refractivity contribution is 7.14. The summed E-state index contributed by atoms with van der Waals surface area (Å²) in [5, 5.41) is 10.5. The molecular formula is C15H18N2OS. The Hall–Kier alpha value is -1.68. The van der Waals surface area contributed by atoms with Crippen molar-refractivity contribution >= 4 is 11.3 Å². The number of benzene rings is 1. The summed E-state index contributed by atoms with van der Waals surface area (Å²) in [6, 6.07) is 8.00. The molecule has 100 valence electrons. The van der Waals surface area contributed by atoms with Crippen molar-refractivity contribution in [2.24, 2.45) is 0 Å². The fourth-order valence-electron chi connectivity index (χ4n) is 1.62. The van der Waals surface area contributed by atoms with Crippen molar-refractivity contribution in [3.05, 3.63) is 41.4 Å². The smallest absolute Gasteiger partial charge is 0.147 e. The fraction of sp³-hybridized carbons (Fsp3) is 0.333. The molecule has 0 atom stereocenters. The van der Waals surface area contributed by atoms with Crippen LogP contribution in [0.25, 0.3) is 10.6 Å². The topological polar surface area (TPSA) is 35.0 Å². The lowest BCUT2D eigenvalue weighted by Crippen LogP contribution is -1.92. The lowest BCUT2D eigenvalue weighted by atomic mass is 10.2. The summed E-state index contributed by atoms with van der Waals surface area (Å²) >= 11 is 1.66. The summed E-state index contributed by atoms with van der Waals surface area (Å²) in [6.45, 7) is 4.74. The van der Waals surface area contributed by atoms with Crippen LogP contribution in [0.5, 0.6) is 5.75 Å². The van der Waals surface area contributed by atoms with Crippen molar-refractivity contribution in [2.75, 3.05) is 6.61 Å². The molecule has 1 aromatic heterocycles. The molecule has 0 bridgehead atoms. The molecule has 19 heavy (non-hydrogen) atoms. The first-order chi connectivity index (χ1) is 9.33. The zero-order valence-corrected chi connectivity index (χ0v) is 12.1. The molecule has 0 aliphatic heterocycles. The Morgan fingerprint density at radius 3 is 2.68 bits per heavy atom. The molecule has 2 aromatic rings. The van der Waals surface area contributed by atoms with Crippen molar-refractivity contribution in [1.82, 2.24) is 10.2 Å². The van der Waals surface area contributed by atoms with Crippen LogP contribution < -0.4 is 4.74 Å². The molecule has 0 aliphatic rings. The van der Waals surface area contributed by atoms with Gasteiger partial charge in [-0.25, -0.2) is 0 Å². The fourth-order valence-corrected chi connectivity index (χ4v) is 2.57. The molecule has 0 saturated heterocycles. The van der Waals surface area contributed by atoms with Gasteiger partial charge in [0.15, 0.2) is 0 Å². The number of rotatable bonds is 6. The number of ether oxygens (including phenoxy) is 1. The second-order valence-electron chi connectivity index (χ2n) is 4.16. The molecule has 4 heteroatoms. The SMILES string of the molecule is CC=CCOc1ccc(-c2nnc(CCC)s2)cc1. The number of hydrogen-bond acceptors (Lipinski definition) is 4. The van der Waals surface area contributed by atoms with E-state index in [9.17, 15) is 0 Å². The highest BCUT2D eigenvalue weighted by atomic mass is 32.1. The van der Waals surface area contributed by atoms with Crippen LogP contribution in [-0.4, -0.2) is 16.8 Å². The van der Waals surface area contributed by atoms with E-state index in [0.29, 0.717) is 6.61 Å². The number of allylic oxidation sites excluding steroid dienone is 1. The van der Waals surface area contributed by atoms with Gasteiger partial charge in [-0.05, 0) is 37.6 Å². The Morgan fingerprint density at radius 2 is 2.00 bits per heavy atom. The Balaban J connectivity index is 2.04. The van der Waals surface area contributed by atoms with Gasteiger partial charge in [0.2, 0.25) is 0 Å². The molecule has 1 heterocycles. The standard InChI is InChI=1S/C15H18N2OS/c1-3-5-11-18-13-9-7-12(8-10-13)15-17-16-14(19-15)6-4-2/h3,5,7-10H,4,6,11H2,1-2H3. The maximum Gasteiger partial charge on any atom is 0.147 e. The van der Waals surface area contributed by atoms with Gasteiger partial charge in [0, 0.05) is 12.0 Å². The van der Waals surface area contributed by atoms with E-state index in [1.165, 1.54) is 0 Å². The van der Waals surface area contributed by atoms with E-state index in [-0.39, 0.29) is 0 Å². The molecule has 0 saturated carbocycles.